The van der Waals surface area contributed by atoms with Crippen molar-refractivity contribution in [1.29, 1.82) is 0 Å². The Hall–Kier alpha value is -2.86. The van der Waals surface area contributed by atoms with Crippen LogP contribution in [0.2, 0.25) is 0 Å². The predicted molar refractivity (Wildman–Crippen MR) is 115 cm³/mol. The van der Waals surface area contributed by atoms with Crippen LogP contribution in [0.5, 0.6) is 0 Å². The van der Waals surface area contributed by atoms with Gasteiger partial charge in [0.05, 0.1) is 0 Å². The SMILES string of the molecule is CC(C)NC(=O)NCc1ccc(C(=O)N2C[C@@H](CN)[C@H](c3ccccc3)C2)cc1. The van der Waals surface area contributed by atoms with Gasteiger partial charge in [0.25, 0.3) is 5.91 Å². The second kappa shape index (κ2) is 9.56. The molecule has 1 aliphatic heterocycles. The molecule has 0 aliphatic carbocycles. The molecule has 0 aromatic heterocycles. The molecule has 1 aliphatic rings. The van der Waals surface area contributed by atoms with Crippen molar-refractivity contribution < 1.29 is 9.59 Å². The Morgan fingerprint density at radius 1 is 1.07 bits per heavy atom. The molecule has 2 aromatic rings. The van der Waals surface area contributed by atoms with Gasteiger partial charge in [0.2, 0.25) is 0 Å². The minimum atomic E-state index is -0.197. The van der Waals surface area contributed by atoms with Gasteiger partial charge < -0.3 is 21.3 Å². The molecule has 0 spiro atoms. The standard InChI is InChI=1S/C23H30N4O2/c1-16(2)26-23(29)25-13-17-8-10-19(11-9-17)22(28)27-14-20(12-24)21(15-27)18-6-4-3-5-7-18/h3-11,16,20-21H,12-15,24H2,1-2H3,(H2,25,26,29)/t20-,21+/m1/s1. The first kappa shape index (κ1) is 20.9. The second-order valence-corrected chi connectivity index (χ2v) is 7.90. The van der Waals surface area contributed by atoms with Crippen LogP contribution in [0.1, 0.15) is 41.3 Å². The summed E-state index contributed by atoms with van der Waals surface area (Å²) >= 11 is 0. The second-order valence-electron chi connectivity index (χ2n) is 7.90. The number of benzene rings is 2. The van der Waals surface area contributed by atoms with Crippen molar-refractivity contribution in [3.63, 3.8) is 0 Å². The quantitative estimate of drug-likeness (QED) is 0.704. The molecule has 1 saturated heterocycles. The van der Waals surface area contributed by atoms with Crippen LogP contribution in [-0.2, 0) is 6.54 Å². The number of hydrogen-bond donors (Lipinski definition) is 3. The first-order chi connectivity index (χ1) is 14.0. The molecule has 0 unspecified atom stereocenters. The van der Waals surface area contributed by atoms with E-state index in [-0.39, 0.29) is 29.8 Å². The number of nitrogens with zero attached hydrogens (tertiary/aromatic N) is 1. The summed E-state index contributed by atoms with van der Waals surface area (Å²) in [7, 11) is 0. The van der Waals surface area contributed by atoms with Gasteiger partial charge in [0.15, 0.2) is 0 Å². The molecular weight excluding hydrogens is 364 g/mol. The molecule has 2 atom stereocenters. The van der Waals surface area contributed by atoms with E-state index in [9.17, 15) is 9.59 Å². The van der Waals surface area contributed by atoms with Crippen molar-refractivity contribution >= 4 is 11.9 Å². The number of carbonyl (C=O) groups excluding carboxylic acids is 2. The first-order valence-corrected chi connectivity index (χ1v) is 10.2. The van der Waals surface area contributed by atoms with Gasteiger partial charge in [0, 0.05) is 37.2 Å². The Balaban J connectivity index is 1.61. The summed E-state index contributed by atoms with van der Waals surface area (Å²) in [4.78, 5) is 26.6. The molecule has 2 aromatic carbocycles. The number of rotatable bonds is 6. The fourth-order valence-corrected chi connectivity index (χ4v) is 3.80. The molecular formula is C23H30N4O2. The number of likely N-dealkylation sites (tertiary alicyclic amines) is 1. The predicted octanol–water partition coefficient (Wildman–Crippen LogP) is 2.71. The van der Waals surface area contributed by atoms with Crippen LogP contribution in [0, 0.1) is 5.92 Å². The van der Waals surface area contributed by atoms with Crippen molar-refractivity contribution in [3.8, 4) is 0 Å². The largest absolute Gasteiger partial charge is 0.338 e. The Kier molecular flexibility index (Phi) is 6.88. The molecule has 1 fully saturated rings. The lowest BCUT2D eigenvalue weighted by Gasteiger charge is -2.17. The van der Waals surface area contributed by atoms with Gasteiger partial charge in [-0.25, -0.2) is 4.79 Å². The lowest BCUT2D eigenvalue weighted by atomic mass is 9.89. The van der Waals surface area contributed by atoms with Crippen molar-refractivity contribution in [3.05, 3.63) is 71.3 Å². The van der Waals surface area contributed by atoms with Gasteiger partial charge >= 0.3 is 6.03 Å². The third-order valence-electron chi connectivity index (χ3n) is 5.33. The molecule has 0 bridgehead atoms. The van der Waals surface area contributed by atoms with Crippen LogP contribution >= 0.6 is 0 Å². The van der Waals surface area contributed by atoms with Gasteiger partial charge in [-0.3, -0.25) is 4.79 Å². The number of carbonyl (C=O) groups is 2. The van der Waals surface area contributed by atoms with E-state index >= 15 is 0 Å². The van der Waals surface area contributed by atoms with Crippen LogP contribution in [-0.4, -0.2) is 42.5 Å². The zero-order chi connectivity index (χ0) is 20.8. The van der Waals surface area contributed by atoms with E-state index in [2.05, 4.69) is 22.8 Å². The van der Waals surface area contributed by atoms with E-state index in [1.54, 1.807) is 0 Å². The summed E-state index contributed by atoms with van der Waals surface area (Å²) in [5.74, 6) is 0.566. The topological polar surface area (TPSA) is 87.5 Å². The number of hydrogen-bond acceptors (Lipinski definition) is 3. The van der Waals surface area contributed by atoms with Crippen LogP contribution < -0.4 is 16.4 Å². The van der Waals surface area contributed by atoms with E-state index in [1.807, 2.05) is 61.2 Å². The van der Waals surface area contributed by atoms with Crippen molar-refractivity contribution in [2.75, 3.05) is 19.6 Å². The molecule has 4 N–H and O–H groups in total. The molecule has 29 heavy (non-hydrogen) atoms. The number of nitrogens with one attached hydrogen (secondary N) is 2. The Morgan fingerprint density at radius 2 is 1.76 bits per heavy atom. The summed E-state index contributed by atoms with van der Waals surface area (Å²) in [6.45, 7) is 6.16. The Labute approximate surface area is 172 Å². The van der Waals surface area contributed by atoms with E-state index in [1.165, 1.54) is 5.56 Å². The fraction of sp³-hybridized carbons (Fsp3) is 0.391. The van der Waals surface area contributed by atoms with Gasteiger partial charge in [0.1, 0.15) is 0 Å². The Morgan fingerprint density at radius 3 is 2.38 bits per heavy atom. The number of amides is 3. The highest BCUT2D eigenvalue weighted by Crippen LogP contribution is 2.32. The van der Waals surface area contributed by atoms with E-state index in [4.69, 9.17) is 5.73 Å². The zero-order valence-electron chi connectivity index (χ0n) is 17.1. The summed E-state index contributed by atoms with van der Waals surface area (Å²) in [6.07, 6.45) is 0. The molecule has 154 valence electrons. The van der Waals surface area contributed by atoms with Gasteiger partial charge in [-0.15, -0.1) is 0 Å². The molecule has 0 radical (unpaired) electrons. The molecule has 1 heterocycles. The zero-order valence-corrected chi connectivity index (χ0v) is 17.1. The highest BCUT2D eigenvalue weighted by molar-refractivity contribution is 5.94. The van der Waals surface area contributed by atoms with Crippen LogP contribution in [0.3, 0.4) is 0 Å². The molecule has 6 heteroatoms. The van der Waals surface area contributed by atoms with E-state index < -0.39 is 0 Å². The monoisotopic (exact) mass is 394 g/mol. The lowest BCUT2D eigenvalue weighted by molar-refractivity contribution is 0.0786. The maximum atomic E-state index is 13.0. The maximum Gasteiger partial charge on any atom is 0.315 e. The fourth-order valence-electron chi connectivity index (χ4n) is 3.80. The molecule has 3 amide bonds. The van der Waals surface area contributed by atoms with Crippen molar-refractivity contribution in [2.45, 2.75) is 32.4 Å². The van der Waals surface area contributed by atoms with Gasteiger partial charge in [-0.2, -0.15) is 0 Å². The average Bonchev–Trinajstić information content (AvgIpc) is 3.17. The third kappa shape index (κ3) is 5.35. The maximum absolute atomic E-state index is 13.0. The van der Waals surface area contributed by atoms with E-state index in [0.29, 0.717) is 31.7 Å². The first-order valence-electron chi connectivity index (χ1n) is 10.2. The molecule has 6 nitrogen and oxygen atoms in total. The highest BCUT2D eigenvalue weighted by Gasteiger charge is 2.35. The lowest BCUT2D eigenvalue weighted by Crippen LogP contribution is -2.39. The normalized spacial score (nSPS) is 18.7. The van der Waals surface area contributed by atoms with Crippen LogP contribution in [0.15, 0.2) is 54.6 Å². The molecule has 3 rings (SSSR count). The van der Waals surface area contributed by atoms with Gasteiger partial charge in [-0.1, -0.05) is 42.5 Å². The number of nitrogens with two attached hydrogens (primary N) is 1. The minimum absolute atomic E-state index is 0.0268. The van der Waals surface area contributed by atoms with Crippen LogP contribution in [0.4, 0.5) is 4.79 Å². The summed E-state index contributed by atoms with van der Waals surface area (Å²) in [6, 6.07) is 17.6. The third-order valence-corrected chi connectivity index (χ3v) is 5.33. The minimum Gasteiger partial charge on any atom is -0.338 e. The van der Waals surface area contributed by atoms with Gasteiger partial charge in [-0.05, 0) is 49.6 Å². The summed E-state index contributed by atoms with van der Waals surface area (Å²) < 4.78 is 0. The molecule has 0 saturated carbocycles. The number of urea groups is 1. The summed E-state index contributed by atoms with van der Waals surface area (Å²) in [5.41, 5.74) is 8.83. The highest BCUT2D eigenvalue weighted by atomic mass is 16.2. The Bertz CT molecular complexity index is 821. The summed E-state index contributed by atoms with van der Waals surface area (Å²) in [5, 5.41) is 5.60. The van der Waals surface area contributed by atoms with E-state index in [0.717, 1.165) is 5.56 Å². The smallest absolute Gasteiger partial charge is 0.315 e. The van der Waals surface area contributed by atoms with Crippen molar-refractivity contribution in [1.82, 2.24) is 15.5 Å². The average molecular weight is 395 g/mol. The van der Waals surface area contributed by atoms with Crippen LogP contribution in [0.25, 0.3) is 0 Å². The van der Waals surface area contributed by atoms with Crippen molar-refractivity contribution in [2.24, 2.45) is 11.7 Å².